The number of thioether (sulfide) groups is 1. The van der Waals surface area contributed by atoms with Gasteiger partial charge < -0.3 is 15.2 Å². The van der Waals surface area contributed by atoms with E-state index in [1.54, 1.807) is 7.11 Å². The van der Waals surface area contributed by atoms with E-state index in [0.29, 0.717) is 0 Å². The van der Waals surface area contributed by atoms with E-state index in [1.807, 2.05) is 54.6 Å². The van der Waals surface area contributed by atoms with Crippen LogP contribution in [0.2, 0.25) is 0 Å². The van der Waals surface area contributed by atoms with Gasteiger partial charge in [0.2, 0.25) is 0 Å². The Morgan fingerprint density at radius 3 is 2.46 bits per heavy atom. The normalized spacial score (nSPS) is 18.7. The van der Waals surface area contributed by atoms with Gasteiger partial charge in [-0.25, -0.2) is 0 Å². The molecule has 1 heterocycles. The van der Waals surface area contributed by atoms with Gasteiger partial charge in [-0.2, -0.15) is 0 Å². The number of amides is 1. The van der Waals surface area contributed by atoms with Gasteiger partial charge in [0.25, 0.3) is 5.91 Å². The molecule has 0 bridgehead atoms. The number of hydrogen-bond acceptors (Lipinski definition) is 4. The highest BCUT2D eigenvalue weighted by molar-refractivity contribution is 7.99. The third kappa shape index (κ3) is 3.91. The van der Waals surface area contributed by atoms with Crippen molar-refractivity contribution in [3.63, 3.8) is 0 Å². The Kier molecular flexibility index (Phi) is 5.37. The Bertz CT molecular complexity index is 973. The van der Waals surface area contributed by atoms with Crippen LogP contribution in [0.15, 0.2) is 77.7 Å². The minimum atomic E-state index is -1.14. The third-order valence-electron chi connectivity index (χ3n) is 4.81. The first-order valence-electron chi connectivity index (χ1n) is 9.10. The molecule has 0 aromatic heterocycles. The summed E-state index contributed by atoms with van der Waals surface area (Å²) in [5.74, 6) is 0.356. The molecular formula is C23H21NO3S. The molecule has 4 rings (SSSR count). The number of rotatable bonds is 4. The van der Waals surface area contributed by atoms with E-state index in [0.717, 1.165) is 33.9 Å². The summed E-state index contributed by atoms with van der Waals surface area (Å²) in [6.07, 6.45) is -0.318. The molecule has 1 aliphatic rings. The van der Waals surface area contributed by atoms with Gasteiger partial charge in [0.1, 0.15) is 11.9 Å². The van der Waals surface area contributed by atoms with Crippen LogP contribution in [0.1, 0.15) is 21.9 Å². The van der Waals surface area contributed by atoms with Gasteiger partial charge in [0.05, 0.1) is 18.0 Å². The molecule has 4 nitrogen and oxygen atoms in total. The molecule has 28 heavy (non-hydrogen) atoms. The predicted octanol–water partition coefficient (Wildman–Crippen LogP) is 4.43. The van der Waals surface area contributed by atoms with E-state index in [1.165, 1.54) is 17.3 Å². The Labute approximate surface area is 168 Å². The van der Waals surface area contributed by atoms with Crippen LogP contribution in [0.4, 0.5) is 5.69 Å². The number of fused-ring (bicyclic) bond motifs is 1. The van der Waals surface area contributed by atoms with Crippen LogP contribution in [-0.2, 0) is 11.2 Å². The number of benzene rings is 3. The fraction of sp³-hybridized carbons (Fsp3) is 0.174. The maximum atomic E-state index is 12.5. The van der Waals surface area contributed by atoms with Crippen LogP contribution < -0.4 is 10.1 Å². The maximum absolute atomic E-state index is 12.5. The number of nitrogens with one attached hydrogen (secondary N) is 1. The highest BCUT2D eigenvalue weighted by Crippen LogP contribution is 2.44. The molecule has 3 aromatic rings. The predicted molar refractivity (Wildman–Crippen MR) is 112 cm³/mol. The Hall–Kier alpha value is -2.76. The summed E-state index contributed by atoms with van der Waals surface area (Å²) >= 11 is 1.51. The standard InChI is InChI=1S/C23H21NO3S/c1-27-18-10-8-17(9-11-18)22-21(25)23(26)24-19-12-7-16(14-20(19)28-22)13-15-5-3-2-4-6-15/h2-12,14,21-22,25H,13H2,1H3,(H,24,26)/t21-,22+/m1/s1. The summed E-state index contributed by atoms with van der Waals surface area (Å²) in [6, 6.07) is 23.8. The van der Waals surface area contributed by atoms with Crippen molar-refractivity contribution >= 4 is 23.4 Å². The lowest BCUT2D eigenvalue weighted by molar-refractivity contribution is -0.124. The molecule has 0 unspecified atom stereocenters. The lowest BCUT2D eigenvalue weighted by Crippen LogP contribution is -2.30. The van der Waals surface area contributed by atoms with Gasteiger partial charge in [-0.3, -0.25) is 4.79 Å². The Morgan fingerprint density at radius 1 is 1.00 bits per heavy atom. The molecule has 0 radical (unpaired) electrons. The van der Waals surface area contributed by atoms with E-state index >= 15 is 0 Å². The number of carbonyl (C=O) groups excluding carboxylic acids is 1. The van der Waals surface area contributed by atoms with Crippen molar-refractivity contribution < 1.29 is 14.6 Å². The first-order valence-corrected chi connectivity index (χ1v) is 9.98. The number of aliphatic hydroxyl groups excluding tert-OH is 1. The molecule has 2 N–H and O–H groups in total. The van der Waals surface area contributed by atoms with Gasteiger partial charge in [-0.1, -0.05) is 48.5 Å². The van der Waals surface area contributed by atoms with Gasteiger partial charge in [-0.15, -0.1) is 11.8 Å². The zero-order valence-corrected chi connectivity index (χ0v) is 16.3. The van der Waals surface area contributed by atoms with Crippen molar-refractivity contribution in [3.05, 3.63) is 89.5 Å². The SMILES string of the molecule is COc1ccc([C@@H]2Sc3cc(Cc4ccccc4)ccc3NC(=O)[C@@H]2O)cc1. The molecule has 2 atom stereocenters. The molecule has 142 valence electrons. The molecule has 0 aliphatic carbocycles. The van der Waals surface area contributed by atoms with E-state index in [2.05, 4.69) is 23.5 Å². The quantitative estimate of drug-likeness (QED) is 0.691. The second kappa shape index (κ2) is 8.09. The highest BCUT2D eigenvalue weighted by atomic mass is 32.2. The second-order valence-electron chi connectivity index (χ2n) is 6.74. The van der Waals surface area contributed by atoms with Crippen molar-refractivity contribution in [2.75, 3.05) is 12.4 Å². The number of anilines is 1. The van der Waals surface area contributed by atoms with Gasteiger partial charge in [0.15, 0.2) is 0 Å². The van der Waals surface area contributed by atoms with Crippen molar-refractivity contribution in [3.8, 4) is 5.75 Å². The molecule has 0 spiro atoms. The Morgan fingerprint density at radius 2 is 1.75 bits per heavy atom. The third-order valence-corrected chi connectivity index (χ3v) is 6.18. The summed E-state index contributed by atoms with van der Waals surface area (Å²) in [6.45, 7) is 0. The highest BCUT2D eigenvalue weighted by Gasteiger charge is 2.32. The van der Waals surface area contributed by atoms with E-state index < -0.39 is 6.10 Å². The van der Waals surface area contributed by atoms with E-state index in [9.17, 15) is 9.90 Å². The monoisotopic (exact) mass is 391 g/mol. The molecule has 1 aliphatic heterocycles. The summed E-state index contributed by atoms with van der Waals surface area (Å²) in [7, 11) is 1.61. The van der Waals surface area contributed by atoms with Crippen LogP contribution in [0.3, 0.4) is 0 Å². The van der Waals surface area contributed by atoms with Gasteiger partial charge >= 0.3 is 0 Å². The van der Waals surface area contributed by atoms with Crippen LogP contribution >= 0.6 is 11.8 Å². The van der Waals surface area contributed by atoms with Crippen molar-refractivity contribution in [1.82, 2.24) is 0 Å². The first-order chi connectivity index (χ1) is 13.6. The van der Waals surface area contributed by atoms with Crippen LogP contribution in [0.25, 0.3) is 0 Å². The minimum Gasteiger partial charge on any atom is -0.497 e. The van der Waals surface area contributed by atoms with Crippen LogP contribution in [0.5, 0.6) is 5.75 Å². The van der Waals surface area contributed by atoms with Crippen molar-refractivity contribution in [2.24, 2.45) is 0 Å². The summed E-state index contributed by atoms with van der Waals surface area (Å²) in [5.41, 5.74) is 4.02. The van der Waals surface area contributed by atoms with Crippen LogP contribution in [-0.4, -0.2) is 24.2 Å². The fourth-order valence-electron chi connectivity index (χ4n) is 3.30. The fourth-order valence-corrected chi connectivity index (χ4v) is 4.58. The van der Waals surface area contributed by atoms with E-state index in [4.69, 9.17) is 4.74 Å². The molecule has 1 amide bonds. The molecule has 3 aromatic carbocycles. The lowest BCUT2D eigenvalue weighted by atomic mass is 10.0. The average Bonchev–Trinajstić information content (AvgIpc) is 2.85. The van der Waals surface area contributed by atoms with E-state index in [-0.39, 0.29) is 11.2 Å². The molecular weight excluding hydrogens is 370 g/mol. The largest absolute Gasteiger partial charge is 0.497 e. The molecule has 5 heteroatoms. The smallest absolute Gasteiger partial charge is 0.254 e. The number of ether oxygens (including phenoxy) is 1. The minimum absolute atomic E-state index is 0.386. The van der Waals surface area contributed by atoms with Crippen molar-refractivity contribution in [1.29, 1.82) is 0 Å². The zero-order chi connectivity index (χ0) is 19.5. The lowest BCUT2D eigenvalue weighted by Gasteiger charge is -2.19. The number of aliphatic hydroxyl groups is 1. The maximum Gasteiger partial charge on any atom is 0.254 e. The zero-order valence-electron chi connectivity index (χ0n) is 15.5. The first kappa shape index (κ1) is 18.6. The number of hydrogen-bond donors (Lipinski definition) is 2. The van der Waals surface area contributed by atoms with Gasteiger partial charge in [0, 0.05) is 4.90 Å². The van der Waals surface area contributed by atoms with Gasteiger partial charge in [-0.05, 0) is 47.4 Å². The number of methoxy groups -OCH3 is 1. The van der Waals surface area contributed by atoms with Crippen LogP contribution in [0, 0.1) is 0 Å². The summed E-state index contributed by atoms with van der Waals surface area (Å²) in [5, 5.41) is 13.1. The molecule has 0 fully saturated rings. The Balaban J connectivity index is 1.65. The summed E-state index contributed by atoms with van der Waals surface area (Å²) in [4.78, 5) is 13.4. The van der Waals surface area contributed by atoms with Crippen molar-refractivity contribution in [2.45, 2.75) is 22.7 Å². The molecule has 0 saturated carbocycles. The topological polar surface area (TPSA) is 58.6 Å². The average molecular weight is 391 g/mol. The molecule has 0 saturated heterocycles. The number of carbonyl (C=O) groups is 1. The second-order valence-corrected chi connectivity index (χ2v) is 7.92. The summed E-state index contributed by atoms with van der Waals surface area (Å²) < 4.78 is 5.21.